The van der Waals surface area contributed by atoms with Crippen LogP contribution in [0, 0.1) is 45.2 Å². The Hall–Kier alpha value is -2.98. The number of nitrogens with zero attached hydrogens (tertiary/aromatic N) is 2. The lowest BCUT2D eigenvalue weighted by Gasteiger charge is -2.75. The highest BCUT2D eigenvalue weighted by atomic mass is 16.5. The van der Waals surface area contributed by atoms with Crippen molar-refractivity contribution in [3.8, 4) is 24.0 Å². The van der Waals surface area contributed by atoms with Crippen LogP contribution in [0.5, 0.6) is 11.5 Å². The summed E-state index contributed by atoms with van der Waals surface area (Å²) >= 11 is 0. The summed E-state index contributed by atoms with van der Waals surface area (Å²) in [5.41, 5.74) is 6.28. The van der Waals surface area contributed by atoms with Crippen LogP contribution in [-0.4, -0.2) is 0 Å². The van der Waals surface area contributed by atoms with Crippen molar-refractivity contribution in [1.82, 2.24) is 0 Å². The molecule has 2 atom stereocenters. The first-order chi connectivity index (χ1) is 22.5. The molecule has 0 heterocycles. The minimum atomic E-state index is 0.0632. The molecular weight excluding hydrogens is 576 g/mol. The standard InChI is InChI=1S/C43H56N2O2/c1-30(2)40-22-41(33-16-18-37(46-28-44)35(20-33)31-12-8-6-9-13-31)24-42(23-40,27-43(25-40,26-41)39(3,4)5)34-17-19-38(47-29-45)36(21-34)32-14-10-7-11-15-32/h16-21,30-32H,6-15,22-27H2,1-5H3. The number of rotatable bonds is 7. The molecule has 4 bridgehead atoms. The van der Waals surface area contributed by atoms with Crippen LogP contribution in [0.1, 0.15) is 171 Å². The van der Waals surface area contributed by atoms with Crippen LogP contribution < -0.4 is 9.47 Å². The van der Waals surface area contributed by atoms with Crippen LogP contribution in [0.2, 0.25) is 0 Å². The van der Waals surface area contributed by atoms with Crippen LogP contribution in [0.25, 0.3) is 0 Å². The van der Waals surface area contributed by atoms with E-state index in [0.717, 1.165) is 17.9 Å². The SMILES string of the molecule is CC(C)C12CC3(c4ccc(OC#N)c(C5CCCCC5)c4)CC(c4ccc(OC#N)c(C5CCCCC5)c4)(C1)CC(C(C)(C)C)(C3)C2. The Morgan fingerprint density at radius 2 is 1.09 bits per heavy atom. The number of nitriles is 2. The van der Waals surface area contributed by atoms with E-state index in [-0.39, 0.29) is 27.1 Å². The summed E-state index contributed by atoms with van der Waals surface area (Å²) in [6.07, 6.45) is 23.8. The van der Waals surface area contributed by atoms with Gasteiger partial charge in [0, 0.05) is 0 Å². The van der Waals surface area contributed by atoms with Crippen LogP contribution in [0.4, 0.5) is 0 Å². The van der Waals surface area contributed by atoms with E-state index in [0.29, 0.717) is 17.8 Å². The smallest absolute Gasteiger partial charge is 0.292 e. The summed E-state index contributed by atoms with van der Waals surface area (Å²) in [5, 5.41) is 19.2. The van der Waals surface area contributed by atoms with Crippen LogP contribution in [0.15, 0.2) is 36.4 Å². The average molecular weight is 633 g/mol. The zero-order valence-corrected chi connectivity index (χ0v) is 29.7. The normalized spacial score (nSPS) is 32.6. The molecule has 2 aromatic rings. The van der Waals surface area contributed by atoms with Crippen molar-refractivity contribution in [3.05, 3.63) is 58.7 Å². The summed E-state index contributed by atoms with van der Waals surface area (Å²) in [4.78, 5) is 0. The van der Waals surface area contributed by atoms with Crippen LogP contribution in [-0.2, 0) is 10.8 Å². The molecule has 2 aromatic carbocycles. The lowest BCUT2D eigenvalue weighted by atomic mass is 9.29. The Bertz CT molecular complexity index is 1470. The summed E-state index contributed by atoms with van der Waals surface area (Å²) < 4.78 is 11.3. The molecule has 0 aromatic heterocycles. The number of hydrogen-bond acceptors (Lipinski definition) is 4. The van der Waals surface area contributed by atoms with Gasteiger partial charge in [0.1, 0.15) is 11.5 Å². The third-order valence-electron chi connectivity index (χ3n) is 14.6. The van der Waals surface area contributed by atoms with Gasteiger partial charge in [-0.3, -0.25) is 0 Å². The molecule has 0 saturated heterocycles. The summed E-state index contributed by atoms with van der Waals surface area (Å²) in [5.74, 6) is 3.07. The van der Waals surface area contributed by atoms with Crippen molar-refractivity contribution < 1.29 is 9.47 Å². The molecule has 0 amide bonds. The number of benzene rings is 2. The van der Waals surface area contributed by atoms with E-state index in [1.54, 1.807) is 0 Å². The van der Waals surface area contributed by atoms with Gasteiger partial charge in [-0.25, -0.2) is 0 Å². The molecule has 250 valence electrons. The van der Waals surface area contributed by atoms with Crippen molar-refractivity contribution in [3.63, 3.8) is 0 Å². The second kappa shape index (κ2) is 11.9. The molecule has 4 heteroatoms. The van der Waals surface area contributed by atoms with Crippen LogP contribution in [0.3, 0.4) is 0 Å². The lowest BCUT2D eigenvalue weighted by Crippen LogP contribution is -2.68. The van der Waals surface area contributed by atoms with Crippen molar-refractivity contribution in [2.45, 2.75) is 160 Å². The molecule has 0 aliphatic heterocycles. The molecule has 0 radical (unpaired) electrons. The van der Waals surface area contributed by atoms with Gasteiger partial charge in [-0.1, -0.05) is 97.4 Å². The highest BCUT2D eigenvalue weighted by Gasteiger charge is 2.71. The summed E-state index contributed by atoms with van der Waals surface area (Å²) in [6, 6.07) is 14.0. The molecule has 0 N–H and O–H groups in total. The first kappa shape index (κ1) is 32.6. The Morgan fingerprint density at radius 1 is 0.638 bits per heavy atom. The van der Waals surface area contributed by atoms with Gasteiger partial charge in [-0.15, -0.1) is 10.5 Å². The quantitative estimate of drug-likeness (QED) is 0.285. The van der Waals surface area contributed by atoms with Gasteiger partial charge in [0.2, 0.25) is 0 Å². The molecule has 2 unspecified atom stereocenters. The second-order valence-corrected chi connectivity index (χ2v) is 18.2. The third kappa shape index (κ3) is 5.38. The highest BCUT2D eigenvalue weighted by molar-refractivity contribution is 5.49. The largest absolute Gasteiger partial charge is 0.388 e. The molecule has 4 nitrogen and oxygen atoms in total. The summed E-state index contributed by atoms with van der Waals surface area (Å²) in [6.45, 7) is 12.6. The zero-order valence-electron chi connectivity index (χ0n) is 29.7. The van der Waals surface area contributed by atoms with E-state index in [2.05, 4.69) is 71.0 Å². The minimum absolute atomic E-state index is 0.0632. The highest BCUT2D eigenvalue weighted by Crippen LogP contribution is 2.79. The predicted molar refractivity (Wildman–Crippen MR) is 187 cm³/mol. The monoisotopic (exact) mass is 632 g/mol. The molecule has 6 fully saturated rings. The molecule has 47 heavy (non-hydrogen) atoms. The molecule has 6 aliphatic rings. The van der Waals surface area contributed by atoms with Gasteiger partial charge in [0.15, 0.2) is 0 Å². The first-order valence-corrected chi connectivity index (χ1v) is 18.9. The Kier molecular flexibility index (Phi) is 8.22. The van der Waals surface area contributed by atoms with Crippen molar-refractivity contribution in [2.24, 2.45) is 22.2 Å². The van der Waals surface area contributed by atoms with Crippen molar-refractivity contribution in [2.75, 3.05) is 0 Å². The fraction of sp³-hybridized carbons (Fsp3) is 0.674. The molecule has 6 saturated carbocycles. The molecule has 8 rings (SSSR count). The molecule has 6 aliphatic carbocycles. The Morgan fingerprint density at radius 3 is 1.47 bits per heavy atom. The second-order valence-electron chi connectivity index (χ2n) is 18.2. The van der Waals surface area contributed by atoms with Gasteiger partial charge >= 0.3 is 0 Å². The first-order valence-electron chi connectivity index (χ1n) is 18.9. The maximum absolute atomic E-state index is 9.59. The fourth-order valence-corrected chi connectivity index (χ4v) is 12.2. The van der Waals surface area contributed by atoms with E-state index in [1.165, 1.54) is 119 Å². The zero-order chi connectivity index (χ0) is 33.1. The van der Waals surface area contributed by atoms with Gasteiger partial charge in [0.05, 0.1) is 0 Å². The lowest BCUT2D eigenvalue weighted by molar-refractivity contribution is -0.196. The van der Waals surface area contributed by atoms with E-state index in [4.69, 9.17) is 9.47 Å². The Labute approximate surface area is 284 Å². The third-order valence-corrected chi connectivity index (χ3v) is 14.6. The number of hydrogen-bond donors (Lipinski definition) is 0. The van der Waals surface area contributed by atoms with E-state index >= 15 is 0 Å². The predicted octanol–water partition coefficient (Wildman–Crippen LogP) is 11.7. The van der Waals surface area contributed by atoms with Gasteiger partial charge in [-0.2, -0.15) is 0 Å². The fourth-order valence-electron chi connectivity index (χ4n) is 12.2. The van der Waals surface area contributed by atoms with Crippen molar-refractivity contribution in [1.29, 1.82) is 10.5 Å². The van der Waals surface area contributed by atoms with Gasteiger partial charge in [0.25, 0.3) is 12.5 Å². The Balaban J connectivity index is 1.41. The minimum Gasteiger partial charge on any atom is -0.388 e. The summed E-state index contributed by atoms with van der Waals surface area (Å²) in [7, 11) is 0. The van der Waals surface area contributed by atoms with Crippen molar-refractivity contribution >= 4 is 0 Å². The molecule has 0 spiro atoms. The average Bonchev–Trinajstić information content (AvgIpc) is 3.05. The topological polar surface area (TPSA) is 66.0 Å². The van der Waals surface area contributed by atoms with E-state index in [1.807, 2.05) is 12.5 Å². The van der Waals surface area contributed by atoms with Gasteiger partial charge in [-0.05, 0) is 143 Å². The number of ether oxygens (including phenoxy) is 2. The van der Waals surface area contributed by atoms with Gasteiger partial charge < -0.3 is 9.47 Å². The maximum atomic E-state index is 9.59. The van der Waals surface area contributed by atoms with E-state index in [9.17, 15) is 10.5 Å². The van der Waals surface area contributed by atoms with Crippen LogP contribution >= 0.6 is 0 Å². The van der Waals surface area contributed by atoms with E-state index < -0.39 is 0 Å². The molecular formula is C43H56N2O2. The maximum Gasteiger partial charge on any atom is 0.292 e.